The Morgan fingerprint density at radius 2 is 2.23 bits per heavy atom. The second-order valence-corrected chi connectivity index (χ2v) is 4.91. The van der Waals surface area contributed by atoms with Crippen molar-refractivity contribution in [3.05, 3.63) is 18.6 Å². The van der Waals surface area contributed by atoms with Gasteiger partial charge in [0.1, 0.15) is 15.7 Å². The van der Waals surface area contributed by atoms with Gasteiger partial charge in [0.15, 0.2) is 0 Å². The molecule has 0 unspecified atom stereocenters. The van der Waals surface area contributed by atoms with E-state index in [9.17, 15) is 8.42 Å². The molecule has 0 saturated carbocycles. The largest absolute Gasteiger partial charge is 0.368 e. The number of hydrogen-bond donors (Lipinski definition) is 1. The number of anilines is 1. The summed E-state index contributed by atoms with van der Waals surface area (Å²) in [7, 11) is -2.90. The van der Waals surface area contributed by atoms with Crippen molar-refractivity contribution in [3.8, 4) is 0 Å². The highest BCUT2D eigenvalue weighted by atomic mass is 32.2. The zero-order chi connectivity index (χ0) is 9.73. The zero-order valence-corrected chi connectivity index (χ0v) is 8.08. The summed E-state index contributed by atoms with van der Waals surface area (Å²) in [5.74, 6) is 0.690. The maximum Gasteiger partial charge on any atom is 0.149 e. The second kappa shape index (κ2) is 4.18. The molecule has 1 aromatic heterocycles. The van der Waals surface area contributed by atoms with Crippen molar-refractivity contribution in [1.29, 1.82) is 0 Å². The Bertz CT molecular complexity index is 349. The van der Waals surface area contributed by atoms with E-state index in [1.54, 1.807) is 18.6 Å². The standard InChI is InChI=1S/C7H11N3O2S/c1-13(11,12)5-4-10-7-6-8-2-3-9-7/h2-3,6H,4-5H2,1H3,(H,9,10). The summed E-state index contributed by atoms with van der Waals surface area (Å²) in [5, 5.41) is 2.85. The molecule has 0 fully saturated rings. The zero-order valence-electron chi connectivity index (χ0n) is 7.27. The third-order valence-electron chi connectivity index (χ3n) is 1.34. The molecule has 5 nitrogen and oxygen atoms in total. The molecule has 0 atom stereocenters. The van der Waals surface area contributed by atoms with Gasteiger partial charge >= 0.3 is 0 Å². The smallest absolute Gasteiger partial charge is 0.149 e. The van der Waals surface area contributed by atoms with Crippen LogP contribution in [0.4, 0.5) is 5.82 Å². The van der Waals surface area contributed by atoms with Gasteiger partial charge in [0, 0.05) is 25.2 Å². The van der Waals surface area contributed by atoms with E-state index in [0.717, 1.165) is 0 Å². The fraction of sp³-hybridized carbons (Fsp3) is 0.429. The maximum atomic E-state index is 10.7. The van der Waals surface area contributed by atoms with E-state index in [-0.39, 0.29) is 5.75 Å². The number of hydrogen-bond acceptors (Lipinski definition) is 5. The van der Waals surface area contributed by atoms with Crippen molar-refractivity contribution in [3.63, 3.8) is 0 Å². The van der Waals surface area contributed by atoms with Gasteiger partial charge in [0.05, 0.1) is 11.9 Å². The van der Waals surface area contributed by atoms with Crippen LogP contribution in [0, 0.1) is 0 Å². The third kappa shape index (κ3) is 4.41. The Morgan fingerprint density at radius 1 is 1.46 bits per heavy atom. The van der Waals surface area contributed by atoms with Gasteiger partial charge in [-0.1, -0.05) is 0 Å². The second-order valence-electron chi connectivity index (χ2n) is 2.65. The Labute approximate surface area is 77.1 Å². The Kier molecular flexibility index (Phi) is 3.18. The molecular formula is C7H11N3O2S. The van der Waals surface area contributed by atoms with E-state index >= 15 is 0 Å². The lowest BCUT2D eigenvalue weighted by Crippen LogP contribution is -2.14. The van der Waals surface area contributed by atoms with E-state index in [0.29, 0.717) is 12.4 Å². The summed E-state index contributed by atoms with van der Waals surface area (Å²) in [6, 6.07) is 0. The average molecular weight is 201 g/mol. The quantitative estimate of drug-likeness (QED) is 0.738. The van der Waals surface area contributed by atoms with Gasteiger partial charge in [0.25, 0.3) is 0 Å². The molecule has 0 aliphatic rings. The predicted molar refractivity (Wildman–Crippen MR) is 50.2 cm³/mol. The summed E-state index contributed by atoms with van der Waals surface area (Å²) in [5.41, 5.74) is 0. The molecule has 1 N–H and O–H groups in total. The first kappa shape index (κ1) is 9.91. The van der Waals surface area contributed by atoms with E-state index in [1.165, 1.54) is 6.26 Å². The van der Waals surface area contributed by atoms with Crippen LogP contribution in [0.3, 0.4) is 0 Å². The minimum Gasteiger partial charge on any atom is -0.368 e. The molecule has 6 heteroatoms. The SMILES string of the molecule is CS(=O)(=O)CCNc1cnccn1. The Morgan fingerprint density at radius 3 is 2.77 bits per heavy atom. The molecule has 72 valence electrons. The van der Waals surface area contributed by atoms with E-state index in [4.69, 9.17) is 0 Å². The molecule has 0 spiro atoms. The molecule has 0 aliphatic heterocycles. The first-order valence-corrected chi connectivity index (χ1v) is 5.81. The molecule has 13 heavy (non-hydrogen) atoms. The van der Waals surface area contributed by atoms with Crippen molar-refractivity contribution >= 4 is 15.7 Å². The fourth-order valence-electron chi connectivity index (χ4n) is 0.755. The minimum absolute atomic E-state index is 0.101. The lowest BCUT2D eigenvalue weighted by atomic mass is 10.6. The van der Waals surface area contributed by atoms with Crippen LogP contribution in [0.1, 0.15) is 0 Å². The molecule has 0 saturated heterocycles. The molecule has 1 rings (SSSR count). The van der Waals surface area contributed by atoms with Crippen molar-refractivity contribution in [2.75, 3.05) is 23.9 Å². The first-order valence-electron chi connectivity index (χ1n) is 3.75. The summed E-state index contributed by atoms with van der Waals surface area (Å²) in [4.78, 5) is 7.76. The van der Waals surface area contributed by atoms with E-state index in [1.807, 2.05) is 0 Å². The fourth-order valence-corrected chi connectivity index (χ4v) is 1.23. The van der Waals surface area contributed by atoms with Gasteiger partial charge in [-0.15, -0.1) is 0 Å². The summed E-state index contributed by atoms with van der Waals surface area (Å²) in [6.45, 7) is 0.359. The Hall–Kier alpha value is -1.17. The predicted octanol–water partition coefficient (Wildman–Crippen LogP) is -0.0669. The third-order valence-corrected chi connectivity index (χ3v) is 2.29. The van der Waals surface area contributed by atoms with Crippen molar-refractivity contribution in [2.24, 2.45) is 0 Å². The molecule has 0 bridgehead atoms. The number of aromatic nitrogens is 2. The molecule has 1 heterocycles. The lowest BCUT2D eigenvalue weighted by molar-refractivity contribution is 0.602. The summed E-state index contributed by atoms with van der Waals surface area (Å²) >= 11 is 0. The molecule has 0 aliphatic carbocycles. The van der Waals surface area contributed by atoms with Gasteiger partial charge < -0.3 is 5.32 Å². The lowest BCUT2D eigenvalue weighted by Gasteiger charge is -2.02. The van der Waals surface area contributed by atoms with Crippen LogP contribution < -0.4 is 5.32 Å². The highest BCUT2D eigenvalue weighted by Crippen LogP contribution is 1.95. The van der Waals surface area contributed by atoms with Crippen molar-refractivity contribution < 1.29 is 8.42 Å². The average Bonchev–Trinajstić information content (AvgIpc) is 2.04. The number of rotatable bonds is 4. The minimum atomic E-state index is -2.90. The molecule has 1 aromatic rings. The van der Waals surface area contributed by atoms with Crippen molar-refractivity contribution in [2.45, 2.75) is 0 Å². The molecule has 0 amide bonds. The van der Waals surface area contributed by atoms with Gasteiger partial charge in [-0.25, -0.2) is 13.4 Å². The number of nitrogens with zero attached hydrogens (tertiary/aromatic N) is 2. The molecular weight excluding hydrogens is 190 g/mol. The van der Waals surface area contributed by atoms with E-state index < -0.39 is 9.84 Å². The van der Waals surface area contributed by atoms with Gasteiger partial charge in [-0.2, -0.15) is 0 Å². The molecule has 0 aromatic carbocycles. The van der Waals surface area contributed by atoms with Gasteiger partial charge in [0.2, 0.25) is 0 Å². The van der Waals surface area contributed by atoms with Crippen LogP contribution >= 0.6 is 0 Å². The normalized spacial score (nSPS) is 11.2. The topological polar surface area (TPSA) is 72.0 Å². The van der Waals surface area contributed by atoms with Gasteiger partial charge in [-0.05, 0) is 0 Å². The summed E-state index contributed by atoms with van der Waals surface area (Å²) < 4.78 is 21.5. The van der Waals surface area contributed by atoms with Crippen LogP contribution in [0.2, 0.25) is 0 Å². The highest BCUT2D eigenvalue weighted by Gasteiger charge is 2.00. The number of nitrogens with one attached hydrogen (secondary N) is 1. The monoisotopic (exact) mass is 201 g/mol. The van der Waals surface area contributed by atoms with Crippen LogP contribution in [-0.2, 0) is 9.84 Å². The Balaban J connectivity index is 2.37. The van der Waals surface area contributed by atoms with Gasteiger partial charge in [-0.3, -0.25) is 4.98 Å². The maximum absolute atomic E-state index is 10.7. The van der Waals surface area contributed by atoms with Crippen LogP contribution in [0.5, 0.6) is 0 Å². The first-order chi connectivity index (χ1) is 6.08. The van der Waals surface area contributed by atoms with Crippen LogP contribution in [0.15, 0.2) is 18.6 Å². The van der Waals surface area contributed by atoms with E-state index in [2.05, 4.69) is 15.3 Å². The van der Waals surface area contributed by atoms with Crippen LogP contribution in [0.25, 0.3) is 0 Å². The van der Waals surface area contributed by atoms with Crippen LogP contribution in [-0.4, -0.2) is 36.9 Å². The molecule has 0 radical (unpaired) electrons. The summed E-state index contributed by atoms with van der Waals surface area (Å²) in [6.07, 6.45) is 5.85. The number of sulfone groups is 1. The highest BCUT2D eigenvalue weighted by molar-refractivity contribution is 7.90. The van der Waals surface area contributed by atoms with Crippen molar-refractivity contribution in [1.82, 2.24) is 9.97 Å².